The van der Waals surface area contributed by atoms with Crippen molar-refractivity contribution in [1.29, 1.82) is 0 Å². The van der Waals surface area contributed by atoms with Gasteiger partial charge in [-0.2, -0.15) is 0 Å². The molecule has 1 fully saturated rings. The van der Waals surface area contributed by atoms with Gasteiger partial charge < -0.3 is 15.1 Å². The third-order valence-electron chi connectivity index (χ3n) is 4.68. The largest absolute Gasteiger partial charge is 0.348 e. The Morgan fingerprint density at radius 3 is 2.30 bits per heavy atom. The lowest BCUT2D eigenvalue weighted by Gasteiger charge is -2.32. The maximum atomic E-state index is 12.5. The van der Waals surface area contributed by atoms with Gasteiger partial charge in [0.2, 0.25) is 6.41 Å². The molecule has 3 amide bonds. The van der Waals surface area contributed by atoms with Crippen LogP contribution in [0, 0.1) is 6.92 Å². The molecule has 0 saturated carbocycles. The van der Waals surface area contributed by atoms with Crippen molar-refractivity contribution in [3.8, 4) is 0 Å². The molecule has 0 bridgehead atoms. The Bertz CT molecular complexity index is 825. The van der Waals surface area contributed by atoms with Crippen molar-refractivity contribution >= 4 is 18.2 Å². The summed E-state index contributed by atoms with van der Waals surface area (Å²) in [6.07, 6.45) is 0.811. The first kappa shape index (κ1) is 18.6. The monoisotopic (exact) mass is 365 g/mol. The van der Waals surface area contributed by atoms with Gasteiger partial charge in [0.15, 0.2) is 0 Å². The summed E-state index contributed by atoms with van der Waals surface area (Å²) in [5, 5.41) is 2.89. The SMILES string of the molecule is Cc1cccc(CNC(=O)c2ccc(C(=O)N3CCN(C=O)CC3)cc2)c1. The van der Waals surface area contributed by atoms with Crippen molar-refractivity contribution in [3.63, 3.8) is 0 Å². The van der Waals surface area contributed by atoms with Gasteiger partial charge in [0.1, 0.15) is 0 Å². The lowest BCUT2D eigenvalue weighted by molar-refractivity contribution is -0.119. The molecule has 0 aromatic heterocycles. The smallest absolute Gasteiger partial charge is 0.253 e. The fraction of sp³-hybridized carbons (Fsp3) is 0.286. The van der Waals surface area contributed by atoms with E-state index in [1.807, 2.05) is 31.2 Å². The van der Waals surface area contributed by atoms with Crippen LogP contribution in [0.3, 0.4) is 0 Å². The number of carbonyl (C=O) groups excluding carboxylic acids is 3. The average Bonchev–Trinajstić information content (AvgIpc) is 2.72. The van der Waals surface area contributed by atoms with Crippen molar-refractivity contribution in [2.45, 2.75) is 13.5 Å². The maximum absolute atomic E-state index is 12.5. The number of hydrogen-bond donors (Lipinski definition) is 1. The van der Waals surface area contributed by atoms with E-state index >= 15 is 0 Å². The molecule has 2 aromatic carbocycles. The molecule has 1 aliphatic heterocycles. The molecule has 1 aliphatic rings. The Morgan fingerprint density at radius 2 is 1.67 bits per heavy atom. The Kier molecular flexibility index (Phi) is 5.86. The predicted molar refractivity (Wildman–Crippen MR) is 102 cm³/mol. The van der Waals surface area contributed by atoms with E-state index in [9.17, 15) is 14.4 Å². The van der Waals surface area contributed by atoms with E-state index in [0.717, 1.165) is 17.5 Å². The summed E-state index contributed by atoms with van der Waals surface area (Å²) in [7, 11) is 0. The zero-order valence-electron chi connectivity index (χ0n) is 15.4. The molecular weight excluding hydrogens is 342 g/mol. The van der Waals surface area contributed by atoms with Crippen molar-refractivity contribution in [2.24, 2.45) is 0 Å². The van der Waals surface area contributed by atoms with Gasteiger partial charge in [0, 0.05) is 43.9 Å². The number of carbonyl (C=O) groups is 3. The summed E-state index contributed by atoms with van der Waals surface area (Å²) in [5.74, 6) is -0.248. The summed E-state index contributed by atoms with van der Waals surface area (Å²) in [6, 6.07) is 14.7. The van der Waals surface area contributed by atoms with Crippen LogP contribution in [0.2, 0.25) is 0 Å². The van der Waals surface area contributed by atoms with Crippen LogP contribution < -0.4 is 5.32 Å². The first-order valence-electron chi connectivity index (χ1n) is 8.99. The number of nitrogens with one attached hydrogen (secondary N) is 1. The van der Waals surface area contributed by atoms with E-state index < -0.39 is 0 Å². The van der Waals surface area contributed by atoms with Crippen molar-refractivity contribution in [1.82, 2.24) is 15.1 Å². The quantitative estimate of drug-likeness (QED) is 0.822. The van der Waals surface area contributed by atoms with E-state index in [1.165, 1.54) is 0 Å². The number of benzene rings is 2. The van der Waals surface area contributed by atoms with E-state index in [1.54, 1.807) is 34.1 Å². The highest BCUT2D eigenvalue weighted by Gasteiger charge is 2.21. The van der Waals surface area contributed by atoms with Gasteiger partial charge in [0.25, 0.3) is 11.8 Å². The van der Waals surface area contributed by atoms with Crippen LogP contribution in [0.1, 0.15) is 31.8 Å². The number of piperazine rings is 1. The first-order chi connectivity index (χ1) is 13.1. The zero-order chi connectivity index (χ0) is 19.2. The summed E-state index contributed by atoms with van der Waals surface area (Å²) in [6.45, 7) is 4.62. The minimum absolute atomic E-state index is 0.0766. The summed E-state index contributed by atoms with van der Waals surface area (Å²) < 4.78 is 0. The topological polar surface area (TPSA) is 69.7 Å². The van der Waals surface area contributed by atoms with Crippen LogP contribution in [0.15, 0.2) is 48.5 Å². The number of hydrogen-bond acceptors (Lipinski definition) is 3. The standard InChI is InChI=1S/C21H23N3O3/c1-16-3-2-4-17(13-16)14-22-20(26)18-5-7-19(8-6-18)21(27)24-11-9-23(15-25)10-12-24/h2-8,13,15H,9-12,14H2,1H3,(H,22,26). The Morgan fingerprint density at radius 1 is 1.00 bits per heavy atom. The Hall–Kier alpha value is -3.15. The first-order valence-corrected chi connectivity index (χ1v) is 8.99. The van der Waals surface area contributed by atoms with E-state index in [0.29, 0.717) is 43.9 Å². The van der Waals surface area contributed by atoms with Crippen LogP contribution in [-0.4, -0.2) is 54.2 Å². The zero-order valence-corrected chi connectivity index (χ0v) is 15.4. The highest BCUT2D eigenvalue weighted by atomic mass is 16.2. The molecule has 0 aliphatic carbocycles. The van der Waals surface area contributed by atoms with Gasteiger partial charge in [-0.25, -0.2) is 0 Å². The van der Waals surface area contributed by atoms with Crippen LogP contribution in [0.4, 0.5) is 0 Å². The second-order valence-corrected chi connectivity index (χ2v) is 6.68. The molecule has 1 heterocycles. The molecule has 6 heteroatoms. The average molecular weight is 365 g/mol. The molecule has 27 heavy (non-hydrogen) atoms. The van der Waals surface area contributed by atoms with Crippen LogP contribution in [0.25, 0.3) is 0 Å². The molecule has 0 spiro atoms. The fourth-order valence-corrected chi connectivity index (χ4v) is 3.08. The van der Waals surface area contributed by atoms with Crippen molar-refractivity contribution in [2.75, 3.05) is 26.2 Å². The van der Waals surface area contributed by atoms with Crippen LogP contribution in [0.5, 0.6) is 0 Å². The molecule has 1 saturated heterocycles. The van der Waals surface area contributed by atoms with Gasteiger partial charge in [0.05, 0.1) is 0 Å². The minimum Gasteiger partial charge on any atom is -0.348 e. The van der Waals surface area contributed by atoms with Gasteiger partial charge in [-0.3, -0.25) is 14.4 Å². The second-order valence-electron chi connectivity index (χ2n) is 6.68. The summed E-state index contributed by atoms with van der Waals surface area (Å²) in [5.41, 5.74) is 3.26. The molecule has 0 radical (unpaired) electrons. The summed E-state index contributed by atoms with van der Waals surface area (Å²) >= 11 is 0. The maximum Gasteiger partial charge on any atom is 0.253 e. The molecule has 140 valence electrons. The summed E-state index contributed by atoms with van der Waals surface area (Å²) in [4.78, 5) is 39.0. The van der Waals surface area contributed by atoms with Gasteiger partial charge in [-0.1, -0.05) is 29.8 Å². The number of aryl methyl sites for hydroxylation is 1. The fourth-order valence-electron chi connectivity index (χ4n) is 3.08. The molecule has 2 aromatic rings. The molecule has 6 nitrogen and oxygen atoms in total. The van der Waals surface area contributed by atoms with Crippen LogP contribution in [-0.2, 0) is 11.3 Å². The van der Waals surface area contributed by atoms with Gasteiger partial charge in [-0.05, 0) is 36.8 Å². The predicted octanol–water partition coefficient (Wildman–Crippen LogP) is 1.84. The number of nitrogens with zero attached hydrogens (tertiary/aromatic N) is 2. The third-order valence-corrected chi connectivity index (χ3v) is 4.68. The normalized spacial score (nSPS) is 14.0. The Balaban J connectivity index is 1.57. The molecule has 0 unspecified atom stereocenters. The number of rotatable bonds is 5. The lowest BCUT2D eigenvalue weighted by atomic mass is 10.1. The third kappa shape index (κ3) is 4.73. The van der Waals surface area contributed by atoms with Crippen molar-refractivity contribution < 1.29 is 14.4 Å². The van der Waals surface area contributed by atoms with Crippen LogP contribution >= 0.6 is 0 Å². The van der Waals surface area contributed by atoms with E-state index in [2.05, 4.69) is 5.32 Å². The molecule has 0 atom stereocenters. The number of amides is 3. The second kappa shape index (κ2) is 8.49. The van der Waals surface area contributed by atoms with E-state index in [4.69, 9.17) is 0 Å². The molecule has 3 rings (SSSR count). The highest BCUT2D eigenvalue weighted by molar-refractivity contribution is 5.97. The molecule has 1 N–H and O–H groups in total. The molecular formula is C21H23N3O3. The van der Waals surface area contributed by atoms with Crippen molar-refractivity contribution in [3.05, 3.63) is 70.8 Å². The van der Waals surface area contributed by atoms with Gasteiger partial charge in [-0.15, -0.1) is 0 Å². The highest BCUT2D eigenvalue weighted by Crippen LogP contribution is 2.11. The minimum atomic E-state index is -0.171. The van der Waals surface area contributed by atoms with E-state index in [-0.39, 0.29) is 11.8 Å². The Labute approximate surface area is 158 Å². The lowest BCUT2D eigenvalue weighted by Crippen LogP contribution is -2.48. The van der Waals surface area contributed by atoms with Gasteiger partial charge >= 0.3 is 0 Å².